The number of piperidine rings is 1. The summed E-state index contributed by atoms with van der Waals surface area (Å²) in [6, 6.07) is 10.2. The Morgan fingerprint density at radius 2 is 1.78 bits per heavy atom. The average Bonchev–Trinajstić information content (AvgIpc) is 3.31. The van der Waals surface area contributed by atoms with Crippen LogP contribution in [0.25, 0.3) is 21.2 Å². The monoisotopic (exact) mass is 458 g/mol. The summed E-state index contributed by atoms with van der Waals surface area (Å²) in [6.45, 7) is 1.45. The molecule has 0 saturated carbocycles. The Hall–Kier alpha value is -2.87. The number of hydrogen-bond acceptors (Lipinski definition) is 3. The van der Waals surface area contributed by atoms with Gasteiger partial charge in [-0.15, -0.1) is 11.3 Å². The van der Waals surface area contributed by atoms with Crippen LogP contribution in [0, 0.1) is 0 Å². The molecule has 2 aliphatic heterocycles. The molecule has 3 heterocycles. The number of hydrogen-bond donors (Lipinski definition) is 0. The molecule has 5 rings (SSSR count). The van der Waals surface area contributed by atoms with Gasteiger partial charge in [0.25, 0.3) is 11.8 Å². The Bertz CT molecular complexity index is 1240. The molecule has 1 saturated heterocycles. The van der Waals surface area contributed by atoms with E-state index in [0.29, 0.717) is 35.5 Å². The van der Waals surface area contributed by atoms with Crippen LogP contribution in [0.5, 0.6) is 0 Å². The molecule has 32 heavy (non-hydrogen) atoms. The summed E-state index contributed by atoms with van der Waals surface area (Å²) in [6.07, 6.45) is -2.02. The highest BCUT2D eigenvalue weighted by Crippen LogP contribution is 2.46. The van der Waals surface area contributed by atoms with E-state index in [9.17, 15) is 22.8 Å². The highest BCUT2D eigenvalue weighted by Gasteiger charge is 2.40. The van der Waals surface area contributed by atoms with Crippen molar-refractivity contribution >= 4 is 33.2 Å². The molecule has 0 atom stereocenters. The number of likely N-dealkylation sites (tertiary alicyclic amines) is 1. The van der Waals surface area contributed by atoms with Gasteiger partial charge in [-0.25, -0.2) is 0 Å². The van der Waals surface area contributed by atoms with E-state index in [1.807, 2.05) is 6.07 Å². The van der Waals surface area contributed by atoms with Gasteiger partial charge >= 0.3 is 6.18 Å². The minimum atomic E-state index is -4.63. The summed E-state index contributed by atoms with van der Waals surface area (Å²) < 4.78 is 42.8. The summed E-state index contributed by atoms with van der Waals surface area (Å²) in [5.41, 5.74) is 2.01. The first kappa shape index (κ1) is 21.0. The van der Waals surface area contributed by atoms with Crippen molar-refractivity contribution in [2.75, 3.05) is 20.1 Å². The van der Waals surface area contributed by atoms with Gasteiger partial charge in [0.15, 0.2) is 0 Å². The Morgan fingerprint density at radius 3 is 2.50 bits per heavy atom. The highest BCUT2D eigenvalue weighted by molar-refractivity contribution is 7.21. The minimum absolute atomic E-state index is 0.0500. The molecule has 0 spiro atoms. The molecule has 1 fully saturated rings. The van der Waals surface area contributed by atoms with E-state index in [0.717, 1.165) is 41.7 Å². The number of rotatable bonds is 2. The Labute approximate surface area is 187 Å². The van der Waals surface area contributed by atoms with Gasteiger partial charge < -0.3 is 9.80 Å². The lowest BCUT2D eigenvalue weighted by Crippen LogP contribution is -2.36. The Kier molecular flexibility index (Phi) is 5.00. The van der Waals surface area contributed by atoms with Crippen molar-refractivity contribution in [3.63, 3.8) is 0 Å². The van der Waals surface area contributed by atoms with Crippen molar-refractivity contribution < 1.29 is 22.8 Å². The second kappa shape index (κ2) is 7.62. The van der Waals surface area contributed by atoms with E-state index in [1.165, 1.54) is 6.07 Å². The zero-order valence-corrected chi connectivity index (χ0v) is 18.3. The molecule has 2 amide bonds. The van der Waals surface area contributed by atoms with Gasteiger partial charge in [-0.2, -0.15) is 13.2 Å². The SMILES string of the molecule is CN1Cc2cc(-c3cccc4c(C(F)(F)F)c(C(=O)N5CCCCC5)sc34)ccc2C1=O. The number of nitrogens with zero attached hydrogens (tertiary/aromatic N) is 2. The smallest absolute Gasteiger partial charge is 0.338 e. The molecule has 2 aliphatic rings. The predicted molar refractivity (Wildman–Crippen MR) is 118 cm³/mol. The summed E-state index contributed by atoms with van der Waals surface area (Å²) in [5, 5.41) is 0.0500. The number of fused-ring (bicyclic) bond motifs is 2. The number of amides is 2. The maximum absolute atomic E-state index is 14.1. The second-order valence-corrected chi connectivity index (χ2v) is 9.39. The molecule has 3 aromatic rings. The number of benzene rings is 2. The summed E-state index contributed by atoms with van der Waals surface area (Å²) in [7, 11) is 1.72. The van der Waals surface area contributed by atoms with Crippen molar-refractivity contribution in [3.05, 3.63) is 58.0 Å². The van der Waals surface area contributed by atoms with E-state index in [4.69, 9.17) is 0 Å². The number of thiophene rings is 1. The fraction of sp³-hybridized carbons (Fsp3) is 0.333. The zero-order chi connectivity index (χ0) is 22.6. The normalized spacial score (nSPS) is 16.7. The lowest BCUT2D eigenvalue weighted by Gasteiger charge is -2.26. The van der Waals surface area contributed by atoms with Gasteiger partial charge in [0, 0.05) is 42.3 Å². The van der Waals surface area contributed by atoms with Gasteiger partial charge in [-0.3, -0.25) is 9.59 Å². The van der Waals surface area contributed by atoms with E-state index < -0.39 is 17.6 Å². The van der Waals surface area contributed by atoms with Crippen LogP contribution in [0.2, 0.25) is 0 Å². The Morgan fingerprint density at radius 1 is 1.03 bits per heavy atom. The van der Waals surface area contributed by atoms with Crippen molar-refractivity contribution in [2.24, 2.45) is 0 Å². The van der Waals surface area contributed by atoms with Crippen molar-refractivity contribution in [2.45, 2.75) is 32.0 Å². The van der Waals surface area contributed by atoms with Gasteiger partial charge in [0.1, 0.15) is 4.88 Å². The molecule has 166 valence electrons. The lowest BCUT2D eigenvalue weighted by molar-refractivity contribution is -0.136. The standard InChI is InChI=1S/C24H21F3N2O2S/c1-28-13-15-12-14(8-9-17(15)22(28)30)16-6-5-7-18-19(24(25,26)27)21(32-20(16)18)23(31)29-10-3-2-4-11-29/h5-9,12H,2-4,10-11,13H2,1H3. The van der Waals surface area contributed by atoms with Gasteiger partial charge in [0.05, 0.1) is 5.56 Å². The molecule has 0 aliphatic carbocycles. The fourth-order valence-corrected chi connectivity index (χ4v) is 5.98. The number of halogens is 3. The van der Waals surface area contributed by atoms with E-state index >= 15 is 0 Å². The van der Waals surface area contributed by atoms with Gasteiger partial charge in [0.2, 0.25) is 0 Å². The molecule has 2 aromatic carbocycles. The summed E-state index contributed by atoms with van der Waals surface area (Å²) >= 11 is 0.920. The van der Waals surface area contributed by atoms with Crippen LogP contribution < -0.4 is 0 Å². The van der Waals surface area contributed by atoms with E-state index in [-0.39, 0.29) is 16.2 Å². The molecule has 0 unspecified atom stereocenters. The summed E-state index contributed by atoms with van der Waals surface area (Å²) in [4.78, 5) is 28.2. The third-order valence-corrected chi connectivity index (χ3v) is 7.46. The average molecular weight is 459 g/mol. The van der Waals surface area contributed by atoms with E-state index in [1.54, 1.807) is 41.1 Å². The maximum Gasteiger partial charge on any atom is 0.418 e. The first-order valence-electron chi connectivity index (χ1n) is 10.6. The van der Waals surface area contributed by atoms with Crippen molar-refractivity contribution in [1.82, 2.24) is 9.80 Å². The van der Waals surface area contributed by atoms with Crippen molar-refractivity contribution in [1.29, 1.82) is 0 Å². The fourth-order valence-electron chi connectivity index (χ4n) is 4.65. The van der Waals surface area contributed by atoms with E-state index in [2.05, 4.69) is 0 Å². The molecular formula is C24H21F3N2O2S. The van der Waals surface area contributed by atoms with Crippen LogP contribution in [0.15, 0.2) is 36.4 Å². The third kappa shape index (κ3) is 3.37. The highest BCUT2D eigenvalue weighted by atomic mass is 32.1. The number of alkyl halides is 3. The van der Waals surface area contributed by atoms with Crippen molar-refractivity contribution in [3.8, 4) is 11.1 Å². The quantitative estimate of drug-likeness (QED) is 0.487. The second-order valence-electron chi connectivity index (χ2n) is 8.37. The lowest BCUT2D eigenvalue weighted by atomic mass is 9.98. The third-order valence-electron chi connectivity index (χ3n) is 6.24. The van der Waals surface area contributed by atoms with Crippen LogP contribution in [0.1, 0.15) is 50.4 Å². The minimum Gasteiger partial charge on any atom is -0.338 e. The van der Waals surface area contributed by atoms with Crippen LogP contribution in [-0.2, 0) is 12.7 Å². The number of carbonyl (C=O) groups is 2. The summed E-state index contributed by atoms with van der Waals surface area (Å²) in [5.74, 6) is -0.597. The molecule has 0 radical (unpaired) electrons. The van der Waals surface area contributed by atoms with Crippen LogP contribution in [0.4, 0.5) is 13.2 Å². The molecule has 8 heteroatoms. The predicted octanol–water partition coefficient (Wildman–Crippen LogP) is 5.80. The molecule has 1 aromatic heterocycles. The molecule has 4 nitrogen and oxygen atoms in total. The zero-order valence-electron chi connectivity index (χ0n) is 17.5. The molecule has 0 N–H and O–H groups in total. The first-order chi connectivity index (χ1) is 15.3. The largest absolute Gasteiger partial charge is 0.418 e. The Balaban J connectivity index is 1.67. The van der Waals surface area contributed by atoms with Gasteiger partial charge in [-0.1, -0.05) is 24.3 Å². The topological polar surface area (TPSA) is 40.6 Å². The van der Waals surface area contributed by atoms with Crippen LogP contribution in [0.3, 0.4) is 0 Å². The first-order valence-corrected chi connectivity index (χ1v) is 11.4. The van der Waals surface area contributed by atoms with Crippen LogP contribution in [-0.4, -0.2) is 41.8 Å². The number of carbonyl (C=O) groups excluding carboxylic acids is 2. The molecule has 0 bridgehead atoms. The van der Waals surface area contributed by atoms with Gasteiger partial charge in [-0.05, 0) is 48.1 Å². The van der Waals surface area contributed by atoms with Crippen LogP contribution >= 0.6 is 11.3 Å². The maximum atomic E-state index is 14.1. The molecular weight excluding hydrogens is 437 g/mol.